The monoisotopic (exact) mass is 397 g/mol. The van der Waals surface area contributed by atoms with Gasteiger partial charge in [0.1, 0.15) is 5.75 Å². The van der Waals surface area contributed by atoms with Gasteiger partial charge in [-0.1, -0.05) is 24.3 Å². The molecule has 1 heterocycles. The van der Waals surface area contributed by atoms with Gasteiger partial charge in [0.05, 0.1) is 31.9 Å². The summed E-state index contributed by atoms with van der Waals surface area (Å²) in [6.07, 6.45) is 1.98. The third-order valence-corrected chi connectivity index (χ3v) is 5.17. The van der Waals surface area contributed by atoms with E-state index in [0.717, 1.165) is 29.7 Å². The number of methoxy groups -OCH3 is 1. The van der Waals surface area contributed by atoms with E-state index in [0.29, 0.717) is 18.0 Å². The zero-order valence-electron chi connectivity index (χ0n) is 16.8. The van der Waals surface area contributed by atoms with E-state index in [4.69, 9.17) is 4.74 Å². The van der Waals surface area contributed by atoms with E-state index in [1.807, 2.05) is 31.2 Å². The second-order valence-electron chi connectivity index (χ2n) is 7.17. The predicted octanol–water partition coefficient (Wildman–Crippen LogP) is 3.17. The van der Waals surface area contributed by atoms with Crippen molar-refractivity contribution in [1.29, 1.82) is 0 Å². The molecule has 29 heavy (non-hydrogen) atoms. The van der Waals surface area contributed by atoms with Gasteiger partial charge in [0.25, 0.3) is 0 Å². The number of urea groups is 1. The first kappa shape index (κ1) is 20.7. The van der Waals surface area contributed by atoms with Crippen molar-refractivity contribution >= 4 is 23.3 Å². The molecule has 0 aromatic heterocycles. The molecular weight excluding hydrogens is 370 g/mol. The summed E-state index contributed by atoms with van der Waals surface area (Å²) in [5.74, 6) is 0.469. The number of nitrogens with one attached hydrogen (secondary N) is 2. The molecule has 1 fully saturated rings. The number of para-hydroxylation sites is 1. The molecule has 7 heteroatoms. The number of rotatable bonds is 6. The summed E-state index contributed by atoms with van der Waals surface area (Å²) < 4.78 is 5.40. The largest absolute Gasteiger partial charge is 0.495 e. The molecule has 1 aliphatic heterocycles. The molecule has 2 aromatic carbocycles. The Morgan fingerprint density at radius 2 is 1.93 bits per heavy atom. The molecule has 0 saturated carbocycles. The SMILES string of the molecule is COc1cc(CC(=O)N2CCC[C@H]2CO)ccc1NC(=O)Nc1ccccc1C. The molecule has 0 spiro atoms. The van der Waals surface area contributed by atoms with Crippen LogP contribution >= 0.6 is 0 Å². The third-order valence-electron chi connectivity index (χ3n) is 5.17. The van der Waals surface area contributed by atoms with Crippen LogP contribution in [0, 0.1) is 6.92 Å². The van der Waals surface area contributed by atoms with E-state index < -0.39 is 0 Å². The molecule has 7 nitrogen and oxygen atoms in total. The maximum atomic E-state index is 12.6. The minimum Gasteiger partial charge on any atom is -0.495 e. The first-order chi connectivity index (χ1) is 14.0. The smallest absolute Gasteiger partial charge is 0.323 e. The highest BCUT2D eigenvalue weighted by molar-refractivity contribution is 6.01. The van der Waals surface area contributed by atoms with Crippen LogP contribution < -0.4 is 15.4 Å². The van der Waals surface area contributed by atoms with Crippen LogP contribution in [-0.4, -0.2) is 48.2 Å². The summed E-state index contributed by atoms with van der Waals surface area (Å²) in [6.45, 7) is 2.59. The maximum Gasteiger partial charge on any atom is 0.323 e. The fourth-order valence-electron chi connectivity index (χ4n) is 3.57. The molecular formula is C22H27N3O4. The predicted molar refractivity (Wildman–Crippen MR) is 112 cm³/mol. The van der Waals surface area contributed by atoms with Gasteiger partial charge in [-0.05, 0) is 49.1 Å². The molecule has 3 rings (SSSR count). The van der Waals surface area contributed by atoms with Crippen molar-refractivity contribution in [2.24, 2.45) is 0 Å². The fraction of sp³-hybridized carbons (Fsp3) is 0.364. The molecule has 1 aliphatic rings. The molecule has 0 unspecified atom stereocenters. The van der Waals surface area contributed by atoms with Gasteiger partial charge < -0.3 is 25.4 Å². The first-order valence-electron chi connectivity index (χ1n) is 9.72. The van der Waals surface area contributed by atoms with Crippen molar-refractivity contribution in [1.82, 2.24) is 4.90 Å². The number of benzene rings is 2. The van der Waals surface area contributed by atoms with Crippen molar-refractivity contribution < 1.29 is 19.4 Å². The highest BCUT2D eigenvalue weighted by Crippen LogP contribution is 2.27. The van der Waals surface area contributed by atoms with Crippen LogP contribution in [0.3, 0.4) is 0 Å². The maximum absolute atomic E-state index is 12.6. The summed E-state index contributed by atoms with van der Waals surface area (Å²) in [6, 6.07) is 12.3. The Bertz CT molecular complexity index is 884. The van der Waals surface area contributed by atoms with Gasteiger partial charge in [-0.2, -0.15) is 0 Å². The van der Waals surface area contributed by atoms with Gasteiger partial charge >= 0.3 is 6.03 Å². The van der Waals surface area contributed by atoms with Crippen molar-refractivity contribution in [2.45, 2.75) is 32.2 Å². The molecule has 2 aromatic rings. The van der Waals surface area contributed by atoms with Gasteiger partial charge in [-0.3, -0.25) is 4.79 Å². The number of carbonyl (C=O) groups excluding carboxylic acids is 2. The number of carbonyl (C=O) groups is 2. The van der Waals surface area contributed by atoms with Crippen LogP contribution in [-0.2, 0) is 11.2 Å². The lowest BCUT2D eigenvalue weighted by Crippen LogP contribution is -2.38. The van der Waals surface area contributed by atoms with Gasteiger partial charge in [0.15, 0.2) is 0 Å². The zero-order chi connectivity index (χ0) is 20.8. The molecule has 0 aliphatic carbocycles. The molecule has 1 atom stereocenters. The van der Waals surface area contributed by atoms with Crippen LogP contribution in [0.25, 0.3) is 0 Å². The summed E-state index contributed by atoms with van der Waals surface area (Å²) in [5.41, 5.74) is 3.01. The first-order valence-corrected chi connectivity index (χ1v) is 9.72. The summed E-state index contributed by atoms with van der Waals surface area (Å²) >= 11 is 0. The Morgan fingerprint density at radius 1 is 1.17 bits per heavy atom. The summed E-state index contributed by atoms with van der Waals surface area (Å²) in [4.78, 5) is 26.7. The van der Waals surface area contributed by atoms with E-state index in [9.17, 15) is 14.7 Å². The second kappa shape index (κ2) is 9.43. The number of aryl methyl sites for hydroxylation is 1. The Morgan fingerprint density at radius 3 is 2.66 bits per heavy atom. The second-order valence-corrected chi connectivity index (χ2v) is 7.17. The average Bonchev–Trinajstić information content (AvgIpc) is 3.20. The highest BCUT2D eigenvalue weighted by atomic mass is 16.5. The Balaban J connectivity index is 1.66. The van der Waals surface area contributed by atoms with Crippen molar-refractivity contribution in [3.63, 3.8) is 0 Å². The molecule has 154 valence electrons. The average molecular weight is 397 g/mol. The van der Waals surface area contributed by atoms with Crippen molar-refractivity contribution in [3.05, 3.63) is 53.6 Å². The van der Waals surface area contributed by atoms with Gasteiger partial charge in [0, 0.05) is 12.2 Å². The van der Waals surface area contributed by atoms with Crippen LogP contribution in [0.1, 0.15) is 24.0 Å². The van der Waals surface area contributed by atoms with E-state index in [1.165, 1.54) is 7.11 Å². The standard InChI is InChI=1S/C22H27N3O4/c1-15-6-3-4-8-18(15)23-22(28)24-19-10-9-16(12-20(19)29-2)13-21(27)25-11-5-7-17(25)14-26/h3-4,6,8-10,12,17,26H,5,7,11,13-14H2,1-2H3,(H2,23,24,28)/t17-/m0/s1. The number of aliphatic hydroxyl groups is 1. The van der Waals surface area contributed by atoms with Crippen LogP contribution in [0.4, 0.5) is 16.2 Å². The quantitative estimate of drug-likeness (QED) is 0.698. The van der Waals surface area contributed by atoms with E-state index in [2.05, 4.69) is 10.6 Å². The normalized spacial score (nSPS) is 15.8. The number of anilines is 2. The lowest BCUT2D eigenvalue weighted by Gasteiger charge is -2.23. The minimum atomic E-state index is -0.371. The topological polar surface area (TPSA) is 90.9 Å². The Labute approximate surface area is 170 Å². The van der Waals surface area contributed by atoms with Gasteiger partial charge in [0.2, 0.25) is 5.91 Å². The Kier molecular flexibility index (Phi) is 6.72. The van der Waals surface area contributed by atoms with Crippen LogP contribution in [0.15, 0.2) is 42.5 Å². The number of likely N-dealkylation sites (tertiary alicyclic amines) is 1. The number of amides is 3. The van der Waals surface area contributed by atoms with Crippen molar-refractivity contribution in [3.8, 4) is 5.75 Å². The number of ether oxygens (including phenoxy) is 1. The Hall–Kier alpha value is -3.06. The minimum absolute atomic E-state index is 0.00603. The van der Waals surface area contributed by atoms with E-state index in [1.54, 1.807) is 23.1 Å². The summed E-state index contributed by atoms with van der Waals surface area (Å²) in [7, 11) is 1.52. The lowest BCUT2D eigenvalue weighted by molar-refractivity contribution is -0.131. The fourth-order valence-corrected chi connectivity index (χ4v) is 3.57. The lowest BCUT2D eigenvalue weighted by atomic mass is 10.1. The van der Waals surface area contributed by atoms with Gasteiger partial charge in [-0.25, -0.2) is 4.79 Å². The number of nitrogens with zero attached hydrogens (tertiary/aromatic N) is 1. The van der Waals surface area contributed by atoms with Gasteiger partial charge in [-0.15, -0.1) is 0 Å². The van der Waals surface area contributed by atoms with Crippen molar-refractivity contribution in [2.75, 3.05) is 30.9 Å². The molecule has 1 saturated heterocycles. The highest BCUT2D eigenvalue weighted by Gasteiger charge is 2.28. The third kappa shape index (κ3) is 5.06. The molecule has 3 N–H and O–H groups in total. The zero-order valence-corrected chi connectivity index (χ0v) is 16.8. The van der Waals surface area contributed by atoms with E-state index >= 15 is 0 Å². The molecule has 3 amide bonds. The number of hydrogen-bond donors (Lipinski definition) is 3. The van der Waals surface area contributed by atoms with Crippen LogP contribution in [0.5, 0.6) is 5.75 Å². The van der Waals surface area contributed by atoms with E-state index in [-0.39, 0.29) is 31.0 Å². The summed E-state index contributed by atoms with van der Waals surface area (Å²) in [5, 5.41) is 15.0. The molecule has 0 bridgehead atoms. The molecule has 0 radical (unpaired) electrons. The number of aliphatic hydroxyl groups excluding tert-OH is 1. The number of hydrogen-bond acceptors (Lipinski definition) is 4. The van der Waals surface area contributed by atoms with Crippen LogP contribution in [0.2, 0.25) is 0 Å².